The summed E-state index contributed by atoms with van der Waals surface area (Å²) in [6, 6.07) is 11.3. The molecule has 2 N–H and O–H groups in total. The predicted octanol–water partition coefficient (Wildman–Crippen LogP) is 3.41. The summed E-state index contributed by atoms with van der Waals surface area (Å²) in [5, 5.41) is 4.61. The Morgan fingerprint density at radius 1 is 1.17 bits per heavy atom. The molecule has 24 heavy (non-hydrogen) atoms. The molecule has 2 heterocycles. The third-order valence-corrected chi connectivity index (χ3v) is 4.24. The summed E-state index contributed by atoms with van der Waals surface area (Å²) in [6.07, 6.45) is 2.16. The molecule has 0 radical (unpaired) electrons. The van der Waals surface area contributed by atoms with Crippen molar-refractivity contribution in [2.45, 2.75) is 13.0 Å². The Bertz CT molecular complexity index is 920. The number of halogens is 1. The first-order chi connectivity index (χ1) is 11.7. The Morgan fingerprint density at radius 3 is 2.96 bits per heavy atom. The maximum Gasteiger partial charge on any atom is 0.231 e. The van der Waals surface area contributed by atoms with Gasteiger partial charge in [-0.3, -0.25) is 4.79 Å². The van der Waals surface area contributed by atoms with Crippen LogP contribution >= 0.6 is 11.6 Å². The number of rotatable bonds is 4. The molecule has 0 aliphatic carbocycles. The molecule has 0 spiro atoms. The van der Waals surface area contributed by atoms with Crippen LogP contribution < -0.4 is 14.8 Å². The Morgan fingerprint density at radius 2 is 2.04 bits per heavy atom. The quantitative estimate of drug-likeness (QED) is 0.763. The molecular weight excluding hydrogens is 328 g/mol. The lowest BCUT2D eigenvalue weighted by Gasteiger charge is -2.06. The summed E-state index contributed by atoms with van der Waals surface area (Å²) in [7, 11) is 0. The number of H-pyrrole nitrogens is 1. The second kappa shape index (κ2) is 6.09. The highest BCUT2D eigenvalue weighted by Crippen LogP contribution is 2.32. The van der Waals surface area contributed by atoms with Crippen molar-refractivity contribution in [2.24, 2.45) is 0 Å². The number of carbonyl (C=O) groups excluding carboxylic acids is 1. The van der Waals surface area contributed by atoms with E-state index in [1.807, 2.05) is 42.6 Å². The van der Waals surface area contributed by atoms with Gasteiger partial charge in [0.1, 0.15) is 0 Å². The van der Waals surface area contributed by atoms with Gasteiger partial charge >= 0.3 is 0 Å². The summed E-state index contributed by atoms with van der Waals surface area (Å²) >= 11 is 5.97. The number of nitrogens with one attached hydrogen (secondary N) is 2. The Kier molecular flexibility index (Phi) is 3.78. The molecule has 0 unspecified atom stereocenters. The third kappa shape index (κ3) is 2.90. The van der Waals surface area contributed by atoms with Crippen LogP contribution in [0.5, 0.6) is 11.5 Å². The third-order valence-electron chi connectivity index (χ3n) is 4.01. The zero-order chi connectivity index (χ0) is 16.5. The minimum absolute atomic E-state index is 0.0384. The van der Waals surface area contributed by atoms with Gasteiger partial charge in [-0.15, -0.1) is 0 Å². The molecule has 1 amide bonds. The maximum absolute atomic E-state index is 12.2. The summed E-state index contributed by atoms with van der Waals surface area (Å²) < 4.78 is 10.6. The average molecular weight is 343 g/mol. The number of aromatic amines is 1. The maximum atomic E-state index is 12.2. The molecule has 1 aliphatic rings. The highest BCUT2D eigenvalue weighted by molar-refractivity contribution is 6.31. The first kappa shape index (κ1) is 14.9. The summed E-state index contributed by atoms with van der Waals surface area (Å²) in [5.74, 6) is 1.42. The van der Waals surface area contributed by atoms with Gasteiger partial charge in [0.25, 0.3) is 0 Å². The van der Waals surface area contributed by atoms with E-state index in [4.69, 9.17) is 21.1 Å². The molecule has 0 saturated heterocycles. The molecule has 1 aliphatic heterocycles. The first-order valence-corrected chi connectivity index (χ1v) is 7.97. The first-order valence-electron chi connectivity index (χ1n) is 7.60. The second-order valence-electron chi connectivity index (χ2n) is 5.64. The van der Waals surface area contributed by atoms with Crippen LogP contribution in [0.15, 0.2) is 42.6 Å². The van der Waals surface area contributed by atoms with Gasteiger partial charge in [0, 0.05) is 28.7 Å². The fourth-order valence-electron chi connectivity index (χ4n) is 2.79. The lowest BCUT2D eigenvalue weighted by atomic mass is 10.1. The Labute approximate surface area is 143 Å². The van der Waals surface area contributed by atoms with Crippen molar-refractivity contribution in [1.29, 1.82) is 0 Å². The van der Waals surface area contributed by atoms with Gasteiger partial charge in [0.2, 0.25) is 12.7 Å². The largest absolute Gasteiger partial charge is 0.454 e. The van der Waals surface area contributed by atoms with E-state index >= 15 is 0 Å². The number of aromatic nitrogens is 1. The molecule has 4 rings (SSSR count). The van der Waals surface area contributed by atoms with Gasteiger partial charge in [-0.1, -0.05) is 23.7 Å². The van der Waals surface area contributed by atoms with E-state index in [0.717, 1.165) is 33.5 Å². The van der Waals surface area contributed by atoms with Crippen molar-refractivity contribution in [3.8, 4) is 11.5 Å². The summed E-state index contributed by atoms with van der Waals surface area (Å²) in [4.78, 5) is 15.4. The smallest absolute Gasteiger partial charge is 0.231 e. The number of fused-ring (bicyclic) bond motifs is 2. The standard InChI is InChI=1S/C18H15ClN2O3/c19-13-2-3-14-12(9-20-15(14)7-13)6-18(22)21-8-11-1-4-16-17(5-11)24-10-23-16/h1-5,7,9,20H,6,8,10H2,(H,21,22). The van der Waals surface area contributed by atoms with Gasteiger partial charge in [-0.25, -0.2) is 0 Å². The Hall–Kier alpha value is -2.66. The van der Waals surface area contributed by atoms with Gasteiger partial charge in [0.05, 0.1) is 6.42 Å². The van der Waals surface area contributed by atoms with Crippen LogP contribution in [0.2, 0.25) is 5.02 Å². The topological polar surface area (TPSA) is 63.4 Å². The second-order valence-corrected chi connectivity index (χ2v) is 6.08. The van der Waals surface area contributed by atoms with Crippen LogP contribution in [-0.2, 0) is 17.8 Å². The van der Waals surface area contributed by atoms with Crippen LogP contribution in [0.3, 0.4) is 0 Å². The van der Waals surface area contributed by atoms with Gasteiger partial charge in [-0.05, 0) is 35.4 Å². The predicted molar refractivity (Wildman–Crippen MR) is 91.4 cm³/mol. The van der Waals surface area contributed by atoms with Crippen LogP contribution in [0.25, 0.3) is 10.9 Å². The molecule has 0 atom stereocenters. The minimum Gasteiger partial charge on any atom is -0.454 e. The van der Waals surface area contributed by atoms with Crippen molar-refractivity contribution < 1.29 is 14.3 Å². The van der Waals surface area contributed by atoms with Gasteiger partial charge < -0.3 is 19.8 Å². The molecule has 0 fully saturated rings. The molecule has 122 valence electrons. The molecular formula is C18H15ClN2O3. The summed E-state index contributed by atoms with van der Waals surface area (Å²) in [6.45, 7) is 0.694. The van der Waals surface area contributed by atoms with Crippen LogP contribution in [0, 0.1) is 0 Å². The average Bonchev–Trinajstić information content (AvgIpc) is 3.19. The van der Waals surface area contributed by atoms with Crippen molar-refractivity contribution in [3.05, 3.63) is 58.7 Å². The van der Waals surface area contributed by atoms with Crippen molar-refractivity contribution in [3.63, 3.8) is 0 Å². The van der Waals surface area contributed by atoms with E-state index in [1.165, 1.54) is 0 Å². The molecule has 0 bridgehead atoms. The lowest BCUT2D eigenvalue weighted by Crippen LogP contribution is -2.24. The van der Waals surface area contributed by atoms with Crippen LogP contribution in [-0.4, -0.2) is 17.7 Å². The van der Waals surface area contributed by atoms with E-state index in [9.17, 15) is 4.79 Å². The zero-order valence-electron chi connectivity index (χ0n) is 12.8. The highest BCUT2D eigenvalue weighted by atomic mass is 35.5. The SMILES string of the molecule is O=C(Cc1c[nH]c2cc(Cl)ccc12)NCc1ccc2c(c1)OCO2. The number of ether oxygens (including phenoxy) is 2. The lowest BCUT2D eigenvalue weighted by molar-refractivity contribution is -0.120. The fourth-order valence-corrected chi connectivity index (χ4v) is 2.96. The molecule has 1 aromatic heterocycles. The molecule has 2 aromatic carbocycles. The van der Waals surface area contributed by atoms with Crippen LogP contribution in [0.1, 0.15) is 11.1 Å². The molecule has 5 nitrogen and oxygen atoms in total. The van der Waals surface area contributed by atoms with Gasteiger partial charge in [-0.2, -0.15) is 0 Å². The van der Waals surface area contributed by atoms with E-state index in [0.29, 0.717) is 18.0 Å². The van der Waals surface area contributed by atoms with Crippen molar-refractivity contribution in [2.75, 3.05) is 6.79 Å². The normalized spacial score (nSPS) is 12.5. The molecule has 0 saturated carbocycles. The van der Waals surface area contributed by atoms with E-state index in [2.05, 4.69) is 10.3 Å². The highest BCUT2D eigenvalue weighted by Gasteiger charge is 2.14. The number of hydrogen-bond donors (Lipinski definition) is 2. The number of carbonyl (C=O) groups is 1. The van der Waals surface area contributed by atoms with Gasteiger partial charge in [0.15, 0.2) is 11.5 Å². The molecule has 3 aromatic rings. The van der Waals surface area contributed by atoms with Crippen LogP contribution in [0.4, 0.5) is 0 Å². The molecule has 6 heteroatoms. The number of benzene rings is 2. The van der Waals surface area contributed by atoms with Crippen molar-refractivity contribution in [1.82, 2.24) is 10.3 Å². The monoisotopic (exact) mass is 342 g/mol. The van der Waals surface area contributed by atoms with E-state index in [1.54, 1.807) is 0 Å². The minimum atomic E-state index is -0.0384. The van der Waals surface area contributed by atoms with E-state index in [-0.39, 0.29) is 12.7 Å². The van der Waals surface area contributed by atoms with E-state index < -0.39 is 0 Å². The fraction of sp³-hybridized carbons (Fsp3) is 0.167. The zero-order valence-corrected chi connectivity index (χ0v) is 13.5. The Balaban J connectivity index is 1.41. The number of amides is 1. The number of hydrogen-bond acceptors (Lipinski definition) is 3. The van der Waals surface area contributed by atoms with Crippen molar-refractivity contribution >= 4 is 28.4 Å². The summed E-state index contributed by atoms with van der Waals surface area (Å²) in [5.41, 5.74) is 2.85.